The van der Waals surface area contributed by atoms with Gasteiger partial charge in [-0.2, -0.15) is 0 Å². The largest absolute Gasteiger partial charge is 0.323 e. The van der Waals surface area contributed by atoms with Gasteiger partial charge in [-0.15, -0.1) is 0 Å². The van der Waals surface area contributed by atoms with E-state index >= 15 is 0 Å². The molecule has 1 saturated heterocycles. The number of hydrogen-bond donors (Lipinski definition) is 1. The van der Waals surface area contributed by atoms with Crippen molar-refractivity contribution in [2.24, 2.45) is 5.73 Å². The van der Waals surface area contributed by atoms with E-state index in [-0.39, 0.29) is 6.04 Å². The van der Waals surface area contributed by atoms with Crippen molar-refractivity contribution in [3.8, 4) is 0 Å². The van der Waals surface area contributed by atoms with Gasteiger partial charge in [0.05, 0.1) is 0 Å². The van der Waals surface area contributed by atoms with E-state index < -0.39 is 0 Å². The molecule has 0 radical (unpaired) electrons. The van der Waals surface area contributed by atoms with Crippen LogP contribution in [0.4, 0.5) is 0 Å². The minimum Gasteiger partial charge on any atom is -0.323 e. The Morgan fingerprint density at radius 1 is 1.12 bits per heavy atom. The molecule has 1 aliphatic rings. The normalized spacial score (nSPS) is 20.9. The van der Waals surface area contributed by atoms with Gasteiger partial charge in [-0.3, -0.25) is 4.90 Å². The molecule has 2 nitrogen and oxygen atoms in total. The molecule has 1 heterocycles. The summed E-state index contributed by atoms with van der Waals surface area (Å²) in [5, 5.41) is 0. The molecule has 2 unspecified atom stereocenters. The molecule has 0 aliphatic carbocycles. The fourth-order valence-electron chi connectivity index (χ4n) is 2.44. The second kappa shape index (κ2) is 4.98. The van der Waals surface area contributed by atoms with Gasteiger partial charge in [0.1, 0.15) is 0 Å². The predicted octanol–water partition coefficient (Wildman–Crippen LogP) is 2.48. The molecule has 0 bridgehead atoms. The van der Waals surface area contributed by atoms with E-state index in [1.165, 1.54) is 37.1 Å². The maximum atomic E-state index is 6.33. The van der Waals surface area contributed by atoms with Gasteiger partial charge in [-0.05, 0) is 45.3 Å². The summed E-state index contributed by atoms with van der Waals surface area (Å²) in [7, 11) is 0. The number of likely N-dealkylation sites (tertiary alicyclic amines) is 1. The van der Waals surface area contributed by atoms with Crippen LogP contribution < -0.4 is 5.73 Å². The molecule has 16 heavy (non-hydrogen) atoms. The maximum Gasteiger partial charge on any atom is 0.0450 e. The summed E-state index contributed by atoms with van der Waals surface area (Å²) >= 11 is 0. The van der Waals surface area contributed by atoms with Crippen molar-refractivity contribution in [3.05, 3.63) is 35.4 Å². The Hall–Kier alpha value is -0.860. The second-order valence-electron chi connectivity index (χ2n) is 4.92. The van der Waals surface area contributed by atoms with Crippen molar-refractivity contribution in [2.45, 2.75) is 38.8 Å². The summed E-state index contributed by atoms with van der Waals surface area (Å²) in [4.78, 5) is 2.50. The van der Waals surface area contributed by atoms with E-state index in [1.54, 1.807) is 0 Å². The van der Waals surface area contributed by atoms with Crippen molar-refractivity contribution in [1.82, 2.24) is 4.90 Å². The molecule has 2 rings (SSSR count). The molecule has 2 atom stereocenters. The fraction of sp³-hybridized carbons (Fsp3) is 0.571. The average molecular weight is 218 g/mol. The van der Waals surface area contributed by atoms with Crippen LogP contribution in [-0.2, 0) is 0 Å². The first-order valence-electron chi connectivity index (χ1n) is 6.24. The number of hydrogen-bond acceptors (Lipinski definition) is 2. The van der Waals surface area contributed by atoms with Crippen LogP contribution in [0.2, 0.25) is 0 Å². The van der Waals surface area contributed by atoms with E-state index in [1.807, 2.05) is 0 Å². The Bertz CT molecular complexity index is 325. The first kappa shape index (κ1) is 11.6. The van der Waals surface area contributed by atoms with Crippen LogP contribution in [0.5, 0.6) is 0 Å². The van der Waals surface area contributed by atoms with Crippen molar-refractivity contribution in [2.75, 3.05) is 13.1 Å². The summed E-state index contributed by atoms with van der Waals surface area (Å²) in [6.45, 7) is 6.77. The molecule has 1 aliphatic heterocycles. The highest BCUT2D eigenvalue weighted by Crippen LogP contribution is 2.22. The van der Waals surface area contributed by atoms with Gasteiger partial charge < -0.3 is 5.73 Å². The molecule has 1 aromatic rings. The topological polar surface area (TPSA) is 29.3 Å². The van der Waals surface area contributed by atoms with E-state index in [9.17, 15) is 0 Å². The molecule has 88 valence electrons. The summed E-state index contributed by atoms with van der Waals surface area (Å²) < 4.78 is 0. The third-order valence-corrected chi connectivity index (χ3v) is 3.70. The lowest BCUT2D eigenvalue weighted by Gasteiger charge is -2.29. The molecule has 0 saturated carbocycles. The van der Waals surface area contributed by atoms with Crippen LogP contribution >= 0.6 is 0 Å². The van der Waals surface area contributed by atoms with Gasteiger partial charge in [0.25, 0.3) is 0 Å². The SMILES string of the molecule is Cc1ccc(C(N)C(C)N2CCCC2)cc1. The number of nitrogens with two attached hydrogens (primary N) is 1. The Balaban J connectivity index is 2.05. The lowest BCUT2D eigenvalue weighted by Crippen LogP contribution is -2.38. The monoisotopic (exact) mass is 218 g/mol. The Morgan fingerprint density at radius 3 is 2.25 bits per heavy atom. The van der Waals surface area contributed by atoms with Crippen LogP contribution in [0, 0.1) is 6.92 Å². The smallest absolute Gasteiger partial charge is 0.0450 e. The van der Waals surface area contributed by atoms with E-state index in [2.05, 4.69) is 43.0 Å². The van der Waals surface area contributed by atoms with Gasteiger partial charge in [-0.25, -0.2) is 0 Å². The molecular weight excluding hydrogens is 196 g/mol. The van der Waals surface area contributed by atoms with Gasteiger partial charge in [-0.1, -0.05) is 29.8 Å². The second-order valence-corrected chi connectivity index (χ2v) is 4.92. The molecule has 2 N–H and O–H groups in total. The zero-order chi connectivity index (χ0) is 11.5. The van der Waals surface area contributed by atoms with Crippen molar-refractivity contribution >= 4 is 0 Å². The molecule has 0 amide bonds. The van der Waals surface area contributed by atoms with E-state index in [0.717, 1.165) is 0 Å². The Morgan fingerprint density at radius 2 is 1.69 bits per heavy atom. The van der Waals surface area contributed by atoms with Crippen LogP contribution in [0.3, 0.4) is 0 Å². The highest BCUT2D eigenvalue weighted by atomic mass is 15.2. The predicted molar refractivity (Wildman–Crippen MR) is 68.4 cm³/mol. The molecule has 0 spiro atoms. The van der Waals surface area contributed by atoms with Gasteiger partial charge in [0, 0.05) is 12.1 Å². The minimum atomic E-state index is 0.138. The average Bonchev–Trinajstić information content (AvgIpc) is 2.81. The Kier molecular flexibility index (Phi) is 3.62. The minimum absolute atomic E-state index is 0.138. The van der Waals surface area contributed by atoms with Gasteiger partial charge in [0.2, 0.25) is 0 Å². The Labute approximate surface area is 98.4 Å². The van der Waals surface area contributed by atoms with Crippen LogP contribution in [0.15, 0.2) is 24.3 Å². The van der Waals surface area contributed by atoms with Crippen molar-refractivity contribution < 1.29 is 0 Å². The lowest BCUT2D eigenvalue weighted by atomic mass is 9.99. The first-order chi connectivity index (χ1) is 7.68. The first-order valence-corrected chi connectivity index (χ1v) is 6.24. The summed E-state index contributed by atoms with van der Waals surface area (Å²) in [5.74, 6) is 0. The fourth-order valence-corrected chi connectivity index (χ4v) is 2.44. The third-order valence-electron chi connectivity index (χ3n) is 3.70. The zero-order valence-electron chi connectivity index (χ0n) is 10.3. The van der Waals surface area contributed by atoms with Gasteiger partial charge in [0.15, 0.2) is 0 Å². The third kappa shape index (κ3) is 2.45. The lowest BCUT2D eigenvalue weighted by molar-refractivity contribution is 0.227. The maximum absolute atomic E-state index is 6.33. The highest BCUT2D eigenvalue weighted by Gasteiger charge is 2.23. The number of rotatable bonds is 3. The van der Waals surface area contributed by atoms with Crippen LogP contribution in [-0.4, -0.2) is 24.0 Å². The summed E-state index contributed by atoms with van der Waals surface area (Å²) in [6, 6.07) is 9.20. The molecule has 1 aromatic carbocycles. The standard InChI is InChI=1S/C14H22N2/c1-11-5-7-13(8-6-11)14(15)12(2)16-9-3-4-10-16/h5-8,12,14H,3-4,9-10,15H2,1-2H3. The molecule has 1 fully saturated rings. The molecule has 0 aromatic heterocycles. The number of nitrogens with zero attached hydrogens (tertiary/aromatic N) is 1. The number of benzene rings is 1. The number of aryl methyl sites for hydroxylation is 1. The zero-order valence-corrected chi connectivity index (χ0v) is 10.3. The van der Waals surface area contributed by atoms with Crippen LogP contribution in [0.1, 0.15) is 36.9 Å². The van der Waals surface area contributed by atoms with Crippen molar-refractivity contribution in [3.63, 3.8) is 0 Å². The van der Waals surface area contributed by atoms with E-state index in [4.69, 9.17) is 5.73 Å². The quantitative estimate of drug-likeness (QED) is 0.844. The molecule has 2 heteroatoms. The molecular formula is C14H22N2. The van der Waals surface area contributed by atoms with Crippen molar-refractivity contribution in [1.29, 1.82) is 0 Å². The summed E-state index contributed by atoms with van der Waals surface area (Å²) in [6.07, 6.45) is 2.65. The summed E-state index contributed by atoms with van der Waals surface area (Å²) in [5.41, 5.74) is 8.88. The van der Waals surface area contributed by atoms with Crippen LogP contribution in [0.25, 0.3) is 0 Å². The van der Waals surface area contributed by atoms with E-state index in [0.29, 0.717) is 6.04 Å². The highest BCUT2D eigenvalue weighted by molar-refractivity contribution is 5.24. The van der Waals surface area contributed by atoms with Gasteiger partial charge >= 0.3 is 0 Å².